The Morgan fingerprint density at radius 3 is 2.45 bits per heavy atom. The van der Waals surface area contributed by atoms with Gasteiger partial charge in [-0.05, 0) is 6.07 Å². The number of carboxylic acid groups (broad SMARTS) is 1. The van der Waals surface area contributed by atoms with Crippen LogP contribution in [0.2, 0.25) is 0 Å². The molecule has 0 saturated heterocycles. The minimum absolute atomic E-state index is 0.0118. The van der Waals surface area contributed by atoms with E-state index in [0.717, 1.165) is 18.4 Å². The zero-order valence-corrected chi connectivity index (χ0v) is 11.4. The smallest absolute Gasteiger partial charge is 0.271 e. The highest BCUT2D eigenvalue weighted by Crippen LogP contribution is 2.33. The van der Waals surface area contributed by atoms with Crippen LogP contribution < -0.4 is 14.1 Å². The van der Waals surface area contributed by atoms with E-state index in [-0.39, 0.29) is 11.4 Å². The fraction of sp³-hybridized carbons (Fsp3) is 0.300. The Morgan fingerprint density at radius 1 is 1.45 bits per heavy atom. The first-order chi connectivity index (χ1) is 9.16. The molecular weight excluding hydrogens is 292 g/mol. The zero-order valence-electron chi connectivity index (χ0n) is 10.6. The molecule has 0 amide bonds. The van der Waals surface area contributed by atoms with Gasteiger partial charge >= 0.3 is 0 Å². The molecule has 0 aliphatic heterocycles. The molecule has 0 aromatic heterocycles. The quantitative estimate of drug-likeness (QED) is 0.492. The van der Waals surface area contributed by atoms with E-state index in [1.54, 1.807) is 0 Å². The summed E-state index contributed by atoms with van der Waals surface area (Å²) >= 11 is 0. The third-order valence-electron chi connectivity index (χ3n) is 2.31. The van der Waals surface area contributed by atoms with Crippen LogP contribution in [0.5, 0.6) is 5.75 Å². The van der Waals surface area contributed by atoms with Gasteiger partial charge in [0, 0.05) is 12.1 Å². The second-order valence-corrected chi connectivity index (χ2v) is 5.66. The van der Waals surface area contributed by atoms with Gasteiger partial charge in [-0.2, -0.15) is 0 Å². The second-order valence-electron chi connectivity index (χ2n) is 3.75. The first-order valence-electron chi connectivity index (χ1n) is 5.16. The molecule has 0 atom stereocenters. The van der Waals surface area contributed by atoms with E-state index >= 15 is 0 Å². The van der Waals surface area contributed by atoms with Crippen molar-refractivity contribution < 1.29 is 28.0 Å². The molecule has 0 spiro atoms. The van der Waals surface area contributed by atoms with E-state index in [1.807, 2.05) is 0 Å². The molecule has 9 nitrogen and oxygen atoms in total. The van der Waals surface area contributed by atoms with Crippen molar-refractivity contribution in [2.45, 2.75) is 0 Å². The third-order valence-corrected chi connectivity index (χ3v) is 3.44. The molecule has 0 radical (unpaired) electrons. The van der Waals surface area contributed by atoms with Crippen LogP contribution in [0.3, 0.4) is 0 Å². The SMILES string of the molecule is COc1ccc([N+](=O)[O-])cc1N(CC(=O)[O-])S(C)(=O)=O. The lowest BCUT2D eigenvalue weighted by atomic mass is 10.2. The van der Waals surface area contributed by atoms with Gasteiger partial charge in [-0.3, -0.25) is 14.4 Å². The molecule has 110 valence electrons. The summed E-state index contributed by atoms with van der Waals surface area (Å²) in [5, 5.41) is 21.4. The maximum absolute atomic E-state index is 11.6. The molecule has 0 N–H and O–H groups in total. The Morgan fingerprint density at radius 2 is 2.05 bits per heavy atom. The van der Waals surface area contributed by atoms with Crippen LogP contribution in [-0.4, -0.2) is 39.2 Å². The van der Waals surface area contributed by atoms with Gasteiger partial charge < -0.3 is 14.6 Å². The van der Waals surface area contributed by atoms with Crippen molar-refractivity contribution in [2.75, 3.05) is 24.2 Å². The largest absolute Gasteiger partial charge is 0.548 e. The van der Waals surface area contributed by atoms with Crippen LogP contribution in [-0.2, 0) is 14.8 Å². The average molecular weight is 303 g/mol. The van der Waals surface area contributed by atoms with Crippen LogP contribution in [0.25, 0.3) is 0 Å². The summed E-state index contributed by atoms with van der Waals surface area (Å²) in [6.07, 6.45) is 0.772. The van der Waals surface area contributed by atoms with Crippen LogP contribution in [0.4, 0.5) is 11.4 Å². The Kier molecular flexibility index (Phi) is 4.50. The standard InChI is InChI=1S/C10H12N2O7S/c1-19-9-4-3-7(12(15)16)5-8(9)11(6-10(13)14)20(2,17)18/h3-5H,6H2,1-2H3,(H,13,14)/p-1. The number of rotatable bonds is 6. The molecule has 0 fully saturated rings. The predicted octanol–water partition coefficient (Wildman–Crippen LogP) is -0.881. The molecule has 1 aromatic rings. The number of non-ortho nitro benzene ring substituents is 1. The number of carbonyl (C=O) groups excluding carboxylic acids is 1. The van der Waals surface area contributed by atoms with E-state index in [2.05, 4.69) is 0 Å². The Balaban J connectivity index is 3.48. The molecule has 0 unspecified atom stereocenters. The van der Waals surface area contributed by atoms with E-state index in [9.17, 15) is 28.4 Å². The van der Waals surface area contributed by atoms with Crippen LogP contribution in [0, 0.1) is 10.1 Å². The molecule has 1 aromatic carbocycles. The molecule has 0 bridgehead atoms. The van der Waals surface area contributed by atoms with E-state index in [0.29, 0.717) is 4.31 Å². The summed E-state index contributed by atoms with van der Waals surface area (Å²) < 4.78 is 28.6. The molecule has 0 heterocycles. The van der Waals surface area contributed by atoms with Crippen molar-refractivity contribution in [3.05, 3.63) is 28.3 Å². The number of carboxylic acids is 1. The van der Waals surface area contributed by atoms with Gasteiger partial charge in [0.2, 0.25) is 10.0 Å². The third kappa shape index (κ3) is 3.57. The summed E-state index contributed by atoms with van der Waals surface area (Å²) in [7, 11) is -2.75. The summed E-state index contributed by atoms with van der Waals surface area (Å²) in [4.78, 5) is 20.6. The van der Waals surface area contributed by atoms with Crippen molar-refractivity contribution in [1.82, 2.24) is 0 Å². The summed E-state index contributed by atoms with van der Waals surface area (Å²) in [6, 6.07) is 3.21. The van der Waals surface area contributed by atoms with Crippen molar-refractivity contribution >= 4 is 27.4 Å². The van der Waals surface area contributed by atoms with Gasteiger partial charge in [0.15, 0.2) is 0 Å². The van der Waals surface area contributed by atoms with Crippen molar-refractivity contribution in [2.24, 2.45) is 0 Å². The van der Waals surface area contributed by atoms with Gasteiger partial charge in [0.1, 0.15) is 11.4 Å². The van der Waals surface area contributed by atoms with E-state index in [1.165, 1.54) is 13.2 Å². The number of nitro benzene ring substituents is 1. The van der Waals surface area contributed by atoms with Crippen LogP contribution in [0.15, 0.2) is 18.2 Å². The number of sulfonamides is 1. The van der Waals surface area contributed by atoms with Crippen molar-refractivity contribution in [1.29, 1.82) is 0 Å². The maximum Gasteiger partial charge on any atom is 0.271 e. The van der Waals surface area contributed by atoms with Gasteiger partial charge in [-0.25, -0.2) is 8.42 Å². The molecule has 0 aliphatic rings. The average Bonchev–Trinajstić information content (AvgIpc) is 2.33. The van der Waals surface area contributed by atoms with E-state index in [4.69, 9.17) is 4.74 Å². The van der Waals surface area contributed by atoms with Crippen LogP contribution in [0.1, 0.15) is 0 Å². The van der Waals surface area contributed by atoms with Crippen LogP contribution >= 0.6 is 0 Å². The van der Waals surface area contributed by atoms with Gasteiger partial charge in [0.05, 0.1) is 30.8 Å². The minimum Gasteiger partial charge on any atom is -0.548 e. The number of aliphatic carboxylic acids is 1. The fourth-order valence-corrected chi connectivity index (χ4v) is 2.33. The topological polar surface area (TPSA) is 130 Å². The highest BCUT2D eigenvalue weighted by atomic mass is 32.2. The highest BCUT2D eigenvalue weighted by molar-refractivity contribution is 7.92. The second kappa shape index (κ2) is 5.74. The number of hydrogen-bond donors (Lipinski definition) is 0. The van der Waals surface area contributed by atoms with Crippen molar-refractivity contribution in [3.8, 4) is 5.75 Å². The lowest BCUT2D eigenvalue weighted by molar-refractivity contribution is -0.384. The number of nitro groups is 1. The number of anilines is 1. The molecular formula is C10H11N2O7S-. The number of ether oxygens (including phenoxy) is 1. The van der Waals surface area contributed by atoms with Crippen molar-refractivity contribution in [3.63, 3.8) is 0 Å². The summed E-state index contributed by atoms with van der Waals surface area (Å²) in [6.45, 7) is -0.976. The predicted molar refractivity (Wildman–Crippen MR) is 66.8 cm³/mol. The van der Waals surface area contributed by atoms with Gasteiger partial charge in [-0.1, -0.05) is 0 Å². The lowest BCUT2D eigenvalue weighted by Crippen LogP contribution is -2.41. The zero-order chi connectivity index (χ0) is 15.5. The lowest BCUT2D eigenvalue weighted by Gasteiger charge is -2.24. The fourth-order valence-electron chi connectivity index (χ4n) is 1.49. The number of benzene rings is 1. The number of nitrogens with zero attached hydrogens (tertiary/aromatic N) is 2. The molecule has 10 heteroatoms. The molecule has 0 saturated carbocycles. The molecule has 0 aliphatic carbocycles. The van der Waals surface area contributed by atoms with Gasteiger partial charge in [0.25, 0.3) is 5.69 Å². The maximum atomic E-state index is 11.6. The first kappa shape index (κ1) is 15.7. The number of methoxy groups -OCH3 is 1. The van der Waals surface area contributed by atoms with Gasteiger partial charge in [-0.15, -0.1) is 0 Å². The normalized spacial score (nSPS) is 10.9. The highest BCUT2D eigenvalue weighted by Gasteiger charge is 2.23. The first-order valence-corrected chi connectivity index (χ1v) is 7.01. The summed E-state index contributed by atoms with van der Waals surface area (Å²) in [5.41, 5.74) is -0.638. The summed E-state index contributed by atoms with van der Waals surface area (Å²) in [5.74, 6) is -1.66. The number of carbonyl (C=O) groups is 1. The Labute approximate surface area is 114 Å². The number of hydrogen-bond acceptors (Lipinski definition) is 7. The Bertz CT molecular complexity index is 641. The monoisotopic (exact) mass is 303 g/mol. The minimum atomic E-state index is -3.98. The molecule has 1 rings (SSSR count). The Hall–Kier alpha value is -2.36. The molecule has 20 heavy (non-hydrogen) atoms. The van der Waals surface area contributed by atoms with E-state index < -0.39 is 33.1 Å².